The number of hydrogen-bond donors (Lipinski definition) is 1. The molecule has 1 N–H and O–H groups in total. The Bertz CT molecular complexity index is 312. The highest BCUT2D eigenvalue weighted by molar-refractivity contribution is 7.86. The van der Waals surface area contributed by atoms with Crippen molar-refractivity contribution in [3.05, 3.63) is 0 Å². The van der Waals surface area contributed by atoms with Crippen molar-refractivity contribution in [1.82, 2.24) is 13.9 Å². The minimum atomic E-state index is -3.22. The van der Waals surface area contributed by atoms with E-state index in [9.17, 15) is 8.42 Å². The maximum absolute atomic E-state index is 12.2. The summed E-state index contributed by atoms with van der Waals surface area (Å²) in [6.07, 6.45) is 1.92. The normalized spacial score (nSPS) is 18.9. The fraction of sp³-hybridized carbons (Fsp3) is 1.00. The van der Waals surface area contributed by atoms with E-state index in [0.717, 1.165) is 19.4 Å². The molecular formula is C11H26ClN3O2S. The first-order chi connectivity index (χ1) is 8.06. The average molecular weight is 300 g/mol. The summed E-state index contributed by atoms with van der Waals surface area (Å²) in [5.41, 5.74) is 0. The lowest BCUT2D eigenvalue weighted by Crippen LogP contribution is -2.47. The molecule has 1 rings (SSSR count). The van der Waals surface area contributed by atoms with E-state index in [2.05, 4.69) is 5.32 Å². The summed E-state index contributed by atoms with van der Waals surface area (Å²) in [7, 11) is -1.27. The zero-order chi connectivity index (χ0) is 12.9. The molecule has 0 aliphatic carbocycles. The highest BCUT2D eigenvalue weighted by Crippen LogP contribution is 2.20. The van der Waals surface area contributed by atoms with Gasteiger partial charge in [0.1, 0.15) is 0 Å². The van der Waals surface area contributed by atoms with Crippen molar-refractivity contribution in [1.29, 1.82) is 0 Å². The number of nitrogens with one attached hydrogen (secondary N) is 1. The summed E-state index contributed by atoms with van der Waals surface area (Å²) in [4.78, 5) is 0. The van der Waals surface area contributed by atoms with Gasteiger partial charge in [0.15, 0.2) is 0 Å². The minimum absolute atomic E-state index is 0. The molecule has 0 unspecified atom stereocenters. The van der Waals surface area contributed by atoms with Gasteiger partial charge in [0.2, 0.25) is 0 Å². The summed E-state index contributed by atoms with van der Waals surface area (Å²) in [5, 5.41) is 3.16. The van der Waals surface area contributed by atoms with Crippen LogP contribution in [0, 0.1) is 5.92 Å². The standard InChI is InChI=1S/C11H25N3O2S.ClH/c1-4-13(5-2)17(15,16)14-8-6-11(7-9-14)10-12-3;/h11-12H,4-10H2,1-3H3;1H. The molecule has 1 aliphatic rings. The Labute approximate surface area is 118 Å². The van der Waals surface area contributed by atoms with Crippen LogP contribution in [0.2, 0.25) is 0 Å². The van der Waals surface area contributed by atoms with Crippen LogP contribution in [0.25, 0.3) is 0 Å². The van der Waals surface area contributed by atoms with Crippen LogP contribution >= 0.6 is 12.4 Å². The van der Waals surface area contributed by atoms with Gasteiger partial charge in [-0.2, -0.15) is 17.0 Å². The molecule has 7 heteroatoms. The molecule has 0 atom stereocenters. The Balaban J connectivity index is 0.00000289. The van der Waals surface area contributed by atoms with Crippen molar-refractivity contribution >= 4 is 22.6 Å². The van der Waals surface area contributed by atoms with E-state index in [1.165, 1.54) is 4.31 Å². The van der Waals surface area contributed by atoms with Gasteiger partial charge in [0.25, 0.3) is 10.2 Å². The summed E-state index contributed by atoms with van der Waals surface area (Å²) < 4.78 is 27.7. The van der Waals surface area contributed by atoms with Crippen molar-refractivity contribution in [3.63, 3.8) is 0 Å². The van der Waals surface area contributed by atoms with Gasteiger partial charge in [-0.1, -0.05) is 13.8 Å². The molecule has 1 aliphatic heterocycles. The quantitative estimate of drug-likeness (QED) is 0.794. The van der Waals surface area contributed by atoms with Gasteiger partial charge >= 0.3 is 0 Å². The molecule has 5 nitrogen and oxygen atoms in total. The Kier molecular flexibility index (Phi) is 8.38. The number of nitrogens with zero attached hydrogens (tertiary/aromatic N) is 2. The number of piperidine rings is 1. The summed E-state index contributed by atoms with van der Waals surface area (Å²) >= 11 is 0. The molecular weight excluding hydrogens is 274 g/mol. The van der Waals surface area contributed by atoms with Crippen LogP contribution in [-0.4, -0.2) is 56.8 Å². The van der Waals surface area contributed by atoms with E-state index in [4.69, 9.17) is 0 Å². The van der Waals surface area contributed by atoms with Crippen LogP contribution in [0.5, 0.6) is 0 Å². The third-order valence-corrected chi connectivity index (χ3v) is 5.61. The van der Waals surface area contributed by atoms with Crippen LogP contribution < -0.4 is 5.32 Å². The third kappa shape index (κ3) is 4.35. The smallest absolute Gasteiger partial charge is 0.281 e. The average Bonchev–Trinajstić information content (AvgIpc) is 2.31. The maximum atomic E-state index is 12.2. The first-order valence-corrected chi connectivity index (χ1v) is 7.85. The molecule has 1 fully saturated rings. The Morgan fingerprint density at radius 2 is 1.72 bits per heavy atom. The van der Waals surface area contributed by atoms with Gasteiger partial charge in [-0.05, 0) is 32.4 Å². The molecule has 0 spiro atoms. The maximum Gasteiger partial charge on any atom is 0.281 e. The zero-order valence-electron chi connectivity index (χ0n) is 11.6. The fourth-order valence-electron chi connectivity index (χ4n) is 2.35. The first kappa shape index (κ1) is 18.1. The highest BCUT2D eigenvalue weighted by atomic mass is 35.5. The second kappa shape index (κ2) is 8.32. The second-order valence-electron chi connectivity index (χ2n) is 4.49. The van der Waals surface area contributed by atoms with E-state index in [-0.39, 0.29) is 12.4 Å². The summed E-state index contributed by atoms with van der Waals surface area (Å²) in [5.74, 6) is 0.614. The Morgan fingerprint density at radius 1 is 1.22 bits per heavy atom. The van der Waals surface area contributed by atoms with Gasteiger partial charge < -0.3 is 5.32 Å². The Hall–Kier alpha value is 0.120. The van der Waals surface area contributed by atoms with E-state index in [0.29, 0.717) is 32.1 Å². The summed E-state index contributed by atoms with van der Waals surface area (Å²) in [6, 6.07) is 0. The summed E-state index contributed by atoms with van der Waals surface area (Å²) in [6.45, 7) is 7.17. The highest BCUT2D eigenvalue weighted by Gasteiger charge is 2.31. The lowest BCUT2D eigenvalue weighted by Gasteiger charge is -2.34. The van der Waals surface area contributed by atoms with Crippen LogP contribution in [-0.2, 0) is 10.2 Å². The van der Waals surface area contributed by atoms with E-state index in [1.807, 2.05) is 20.9 Å². The van der Waals surface area contributed by atoms with Gasteiger partial charge in [-0.3, -0.25) is 0 Å². The minimum Gasteiger partial charge on any atom is -0.319 e. The van der Waals surface area contributed by atoms with Gasteiger partial charge in [0.05, 0.1) is 0 Å². The van der Waals surface area contributed by atoms with Crippen molar-refractivity contribution < 1.29 is 8.42 Å². The monoisotopic (exact) mass is 299 g/mol. The molecule has 0 aromatic carbocycles. The molecule has 18 heavy (non-hydrogen) atoms. The van der Waals surface area contributed by atoms with Gasteiger partial charge in [-0.15, -0.1) is 12.4 Å². The molecule has 1 heterocycles. The number of rotatable bonds is 6. The number of hydrogen-bond acceptors (Lipinski definition) is 3. The molecule has 0 bridgehead atoms. The van der Waals surface area contributed by atoms with E-state index < -0.39 is 10.2 Å². The largest absolute Gasteiger partial charge is 0.319 e. The van der Waals surface area contributed by atoms with Crippen LogP contribution in [0.1, 0.15) is 26.7 Å². The van der Waals surface area contributed by atoms with Crippen LogP contribution in [0.3, 0.4) is 0 Å². The van der Waals surface area contributed by atoms with E-state index in [1.54, 1.807) is 4.31 Å². The van der Waals surface area contributed by atoms with Crippen molar-refractivity contribution in [2.45, 2.75) is 26.7 Å². The van der Waals surface area contributed by atoms with E-state index >= 15 is 0 Å². The number of halogens is 1. The zero-order valence-corrected chi connectivity index (χ0v) is 13.2. The van der Waals surface area contributed by atoms with Gasteiger partial charge in [0, 0.05) is 26.2 Å². The topological polar surface area (TPSA) is 52.7 Å². The van der Waals surface area contributed by atoms with Crippen molar-refractivity contribution in [3.8, 4) is 0 Å². The predicted molar refractivity (Wildman–Crippen MR) is 77.3 cm³/mol. The fourth-order valence-corrected chi connectivity index (χ4v) is 4.00. The molecule has 0 aromatic rings. The van der Waals surface area contributed by atoms with Gasteiger partial charge in [-0.25, -0.2) is 0 Å². The second-order valence-corrected chi connectivity index (χ2v) is 6.42. The molecule has 0 aromatic heterocycles. The molecule has 0 saturated carbocycles. The first-order valence-electron chi connectivity index (χ1n) is 6.46. The SMILES string of the molecule is CCN(CC)S(=O)(=O)N1CCC(CNC)CC1.Cl. The van der Waals surface area contributed by atoms with Crippen LogP contribution in [0.15, 0.2) is 0 Å². The molecule has 0 amide bonds. The van der Waals surface area contributed by atoms with Crippen LogP contribution in [0.4, 0.5) is 0 Å². The molecule has 0 radical (unpaired) electrons. The van der Waals surface area contributed by atoms with Crippen molar-refractivity contribution in [2.75, 3.05) is 39.8 Å². The lowest BCUT2D eigenvalue weighted by atomic mass is 9.98. The molecule has 110 valence electrons. The predicted octanol–water partition coefficient (Wildman–Crippen LogP) is 0.926. The van der Waals surface area contributed by atoms with Crippen molar-refractivity contribution in [2.24, 2.45) is 5.92 Å². The Morgan fingerprint density at radius 3 is 2.11 bits per heavy atom. The molecule has 1 saturated heterocycles. The lowest BCUT2D eigenvalue weighted by molar-refractivity contribution is 0.254. The third-order valence-electron chi connectivity index (χ3n) is 3.42.